The molecule has 19 heavy (non-hydrogen) atoms. The molecule has 4 heteroatoms. The molecule has 0 spiro atoms. The van der Waals surface area contributed by atoms with Crippen LogP contribution >= 0.6 is 24.0 Å². The van der Waals surface area contributed by atoms with E-state index < -0.39 is 0 Å². The zero-order chi connectivity index (χ0) is 13.3. The number of rotatable bonds is 2. The summed E-state index contributed by atoms with van der Waals surface area (Å²) in [5, 5.41) is 0.862. The minimum Gasteiger partial charge on any atom is -0.327 e. The Morgan fingerprint density at radius 2 is 2.11 bits per heavy atom. The van der Waals surface area contributed by atoms with E-state index in [0.29, 0.717) is 6.04 Å². The van der Waals surface area contributed by atoms with E-state index >= 15 is 0 Å². The molecule has 2 N–H and O–H groups in total. The second-order valence-electron chi connectivity index (χ2n) is 6.18. The number of hydrogen-bond acceptors (Lipinski definition) is 2. The highest BCUT2D eigenvalue weighted by molar-refractivity contribution is 6.31. The van der Waals surface area contributed by atoms with Crippen molar-refractivity contribution in [1.29, 1.82) is 0 Å². The van der Waals surface area contributed by atoms with Crippen LogP contribution in [0.25, 0.3) is 0 Å². The monoisotopic (exact) mass is 302 g/mol. The van der Waals surface area contributed by atoms with Crippen molar-refractivity contribution in [1.82, 2.24) is 4.90 Å². The Morgan fingerprint density at radius 3 is 2.68 bits per heavy atom. The Kier molecular flexibility index (Phi) is 5.69. The van der Waals surface area contributed by atoms with Gasteiger partial charge in [0.05, 0.1) is 0 Å². The van der Waals surface area contributed by atoms with Crippen molar-refractivity contribution >= 4 is 24.0 Å². The van der Waals surface area contributed by atoms with Gasteiger partial charge in [0.15, 0.2) is 0 Å². The van der Waals surface area contributed by atoms with Crippen LogP contribution in [0.15, 0.2) is 18.2 Å². The van der Waals surface area contributed by atoms with Crippen LogP contribution < -0.4 is 5.73 Å². The lowest BCUT2D eigenvalue weighted by molar-refractivity contribution is 0.0899. The molecule has 1 aromatic rings. The van der Waals surface area contributed by atoms with E-state index in [1.807, 2.05) is 6.92 Å². The van der Waals surface area contributed by atoms with E-state index in [0.717, 1.165) is 36.6 Å². The summed E-state index contributed by atoms with van der Waals surface area (Å²) in [5.74, 6) is 0. The van der Waals surface area contributed by atoms with Gasteiger partial charge in [-0.25, -0.2) is 0 Å². The number of halogens is 2. The first-order chi connectivity index (χ1) is 8.38. The topological polar surface area (TPSA) is 29.3 Å². The lowest BCUT2D eigenvalue weighted by atomic mass is 9.79. The first kappa shape index (κ1) is 16.8. The SMILES string of the molecule is Cc1ccc(CN2CCC(N)C(C)(C)C2)cc1Cl.Cl. The quantitative estimate of drug-likeness (QED) is 0.904. The molecule has 1 aromatic carbocycles. The molecule has 1 atom stereocenters. The number of hydrogen-bond donors (Lipinski definition) is 1. The van der Waals surface area contributed by atoms with Gasteiger partial charge in [-0.3, -0.25) is 4.90 Å². The van der Waals surface area contributed by atoms with Crippen molar-refractivity contribution in [3.05, 3.63) is 34.3 Å². The molecule has 1 heterocycles. The maximum atomic E-state index is 6.17. The Balaban J connectivity index is 0.00000180. The fraction of sp³-hybridized carbons (Fsp3) is 0.600. The van der Waals surface area contributed by atoms with Crippen LogP contribution in [-0.4, -0.2) is 24.0 Å². The molecule has 0 saturated carbocycles. The van der Waals surface area contributed by atoms with Gasteiger partial charge in [-0.15, -0.1) is 12.4 Å². The summed E-state index contributed by atoms with van der Waals surface area (Å²) in [6, 6.07) is 6.66. The highest BCUT2D eigenvalue weighted by Gasteiger charge is 2.33. The van der Waals surface area contributed by atoms with Crippen LogP contribution in [0.1, 0.15) is 31.4 Å². The van der Waals surface area contributed by atoms with E-state index in [-0.39, 0.29) is 17.8 Å². The number of nitrogens with zero attached hydrogens (tertiary/aromatic N) is 1. The van der Waals surface area contributed by atoms with Crippen LogP contribution in [0.5, 0.6) is 0 Å². The first-order valence-corrected chi connectivity index (χ1v) is 6.99. The van der Waals surface area contributed by atoms with Gasteiger partial charge in [0.1, 0.15) is 0 Å². The molecule has 0 bridgehead atoms. The number of likely N-dealkylation sites (tertiary alicyclic amines) is 1. The molecular weight excluding hydrogens is 279 g/mol. The summed E-state index contributed by atoms with van der Waals surface area (Å²) in [4.78, 5) is 2.48. The lowest BCUT2D eigenvalue weighted by Gasteiger charge is -2.42. The number of nitrogens with two attached hydrogens (primary N) is 1. The van der Waals surface area contributed by atoms with E-state index in [1.165, 1.54) is 5.56 Å². The summed E-state index contributed by atoms with van der Waals surface area (Å²) in [6.45, 7) is 9.65. The molecule has 2 rings (SSSR count). The molecule has 2 nitrogen and oxygen atoms in total. The second-order valence-corrected chi connectivity index (χ2v) is 6.59. The van der Waals surface area contributed by atoms with Crippen molar-refractivity contribution < 1.29 is 0 Å². The molecule has 1 aliphatic heterocycles. The molecular formula is C15H24Cl2N2. The van der Waals surface area contributed by atoms with Gasteiger partial charge in [-0.1, -0.05) is 37.6 Å². The Hall–Kier alpha value is -0.280. The van der Waals surface area contributed by atoms with Gasteiger partial charge >= 0.3 is 0 Å². The van der Waals surface area contributed by atoms with Crippen molar-refractivity contribution in [3.63, 3.8) is 0 Å². The van der Waals surface area contributed by atoms with Crippen LogP contribution in [0.2, 0.25) is 5.02 Å². The average molecular weight is 303 g/mol. The van der Waals surface area contributed by atoms with E-state index in [1.54, 1.807) is 0 Å². The van der Waals surface area contributed by atoms with Crippen molar-refractivity contribution in [2.45, 2.75) is 39.8 Å². The van der Waals surface area contributed by atoms with Crippen LogP contribution in [0.3, 0.4) is 0 Å². The van der Waals surface area contributed by atoms with Gasteiger partial charge in [0.25, 0.3) is 0 Å². The number of benzene rings is 1. The Labute approximate surface area is 127 Å². The fourth-order valence-corrected chi connectivity index (χ4v) is 2.82. The Bertz CT molecular complexity index is 432. The lowest BCUT2D eigenvalue weighted by Crippen LogP contribution is -2.52. The highest BCUT2D eigenvalue weighted by atomic mass is 35.5. The molecule has 0 aliphatic carbocycles. The molecule has 1 saturated heterocycles. The fourth-order valence-electron chi connectivity index (χ4n) is 2.61. The summed E-state index contributed by atoms with van der Waals surface area (Å²) >= 11 is 6.17. The largest absolute Gasteiger partial charge is 0.327 e. The standard InChI is InChI=1S/C15H23ClN2.ClH/c1-11-4-5-12(8-13(11)16)9-18-7-6-14(17)15(2,3)10-18;/h4-5,8,14H,6-7,9-10,17H2,1-3H3;1H. The van der Waals surface area contributed by atoms with E-state index in [2.05, 4.69) is 36.9 Å². The zero-order valence-corrected chi connectivity index (χ0v) is 13.5. The normalized spacial score (nSPS) is 22.9. The predicted octanol–water partition coefficient (Wildman–Crippen LogP) is 3.63. The molecule has 108 valence electrons. The van der Waals surface area contributed by atoms with Crippen molar-refractivity contribution in [2.75, 3.05) is 13.1 Å². The van der Waals surface area contributed by atoms with Gasteiger partial charge in [-0.05, 0) is 36.0 Å². The first-order valence-electron chi connectivity index (χ1n) is 6.61. The zero-order valence-electron chi connectivity index (χ0n) is 11.9. The molecule has 1 unspecified atom stereocenters. The van der Waals surface area contributed by atoms with Crippen LogP contribution in [0, 0.1) is 12.3 Å². The van der Waals surface area contributed by atoms with E-state index in [4.69, 9.17) is 17.3 Å². The molecule has 1 aliphatic rings. The summed E-state index contributed by atoms with van der Waals surface area (Å²) in [5.41, 5.74) is 8.79. The van der Waals surface area contributed by atoms with Crippen molar-refractivity contribution in [3.8, 4) is 0 Å². The summed E-state index contributed by atoms with van der Waals surface area (Å²) in [6.07, 6.45) is 1.08. The van der Waals surface area contributed by atoms with Crippen molar-refractivity contribution in [2.24, 2.45) is 11.1 Å². The van der Waals surface area contributed by atoms with Gasteiger partial charge in [0, 0.05) is 30.7 Å². The van der Waals surface area contributed by atoms with Gasteiger partial charge < -0.3 is 5.73 Å². The van der Waals surface area contributed by atoms with Gasteiger partial charge in [-0.2, -0.15) is 0 Å². The number of piperidine rings is 1. The third-order valence-corrected chi connectivity index (χ3v) is 4.44. The highest BCUT2D eigenvalue weighted by Crippen LogP contribution is 2.29. The summed E-state index contributed by atoms with van der Waals surface area (Å²) in [7, 11) is 0. The molecule has 1 fully saturated rings. The smallest absolute Gasteiger partial charge is 0.0438 e. The van der Waals surface area contributed by atoms with E-state index in [9.17, 15) is 0 Å². The second kappa shape index (κ2) is 6.45. The Morgan fingerprint density at radius 1 is 1.42 bits per heavy atom. The predicted molar refractivity (Wildman–Crippen MR) is 85.1 cm³/mol. The molecule has 0 amide bonds. The minimum absolute atomic E-state index is 0. The van der Waals surface area contributed by atoms with Crippen LogP contribution in [-0.2, 0) is 6.54 Å². The third-order valence-electron chi connectivity index (χ3n) is 4.03. The molecule has 0 aromatic heterocycles. The van der Waals surface area contributed by atoms with Crippen LogP contribution in [0.4, 0.5) is 0 Å². The summed E-state index contributed by atoms with van der Waals surface area (Å²) < 4.78 is 0. The minimum atomic E-state index is 0. The average Bonchev–Trinajstić information content (AvgIpc) is 2.28. The third kappa shape index (κ3) is 4.09. The number of aryl methyl sites for hydroxylation is 1. The van der Waals surface area contributed by atoms with Gasteiger partial charge in [0.2, 0.25) is 0 Å². The maximum Gasteiger partial charge on any atom is 0.0438 e. The molecule has 0 radical (unpaired) electrons. The maximum absolute atomic E-state index is 6.17.